The van der Waals surface area contributed by atoms with Crippen LogP contribution < -0.4 is 5.32 Å². The van der Waals surface area contributed by atoms with E-state index in [2.05, 4.69) is 5.32 Å². The van der Waals surface area contributed by atoms with Gasteiger partial charge in [0.05, 0.1) is 4.90 Å². The van der Waals surface area contributed by atoms with Gasteiger partial charge in [-0.05, 0) is 31.3 Å². The molecule has 0 atom stereocenters. The van der Waals surface area contributed by atoms with Gasteiger partial charge >= 0.3 is 0 Å². The number of amides is 1. The van der Waals surface area contributed by atoms with Gasteiger partial charge in [-0.2, -0.15) is 0 Å². The van der Waals surface area contributed by atoms with E-state index in [1.807, 2.05) is 0 Å². The molecular weight excluding hydrogens is 288 g/mol. The van der Waals surface area contributed by atoms with E-state index in [4.69, 9.17) is 11.6 Å². The van der Waals surface area contributed by atoms with Crippen LogP contribution in [-0.4, -0.2) is 52.2 Å². The second-order valence-electron chi connectivity index (χ2n) is 4.13. The number of benzene rings is 1. The third-order valence-corrected chi connectivity index (χ3v) is 4.48. The van der Waals surface area contributed by atoms with E-state index in [0.29, 0.717) is 18.1 Å². The number of sulfone groups is 1. The van der Waals surface area contributed by atoms with Gasteiger partial charge in [0.2, 0.25) is 5.91 Å². The van der Waals surface area contributed by atoms with Gasteiger partial charge in [-0.3, -0.25) is 4.79 Å². The summed E-state index contributed by atoms with van der Waals surface area (Å²) in [5.74, 6) is -0.959. The van der Waals surface area contributed by atoms with Crippen LogP contribution in [0.4, 0.5) is 0 Å². The molecule has 1 amide bonds. The molecule has 1 rings (SSSR count). The van der Waals surface area contributed by atoms with Crippen molar-refractivity contribution in [2.24, 2.45) is 0 Å². The summed E-state index contributed by atoms with van der Waals surface area (Å²) < 4.78 is 24.1. The van der Waals surface area contributed by atoms with Crippen LogP contribution in [0.5, 0.6) is 0 Å². The maximum Gasteiger partial charge on any atom is 0.237 e. The summed E-state index contributed by atoms with van der Waals surface area (Å²) in [7, 11) is -0.270. The maximum atomic E-state index is 12.0. The van der Waals surface area contributed by atoms with E-state index in [1.165, 1.54) is 29.2 Å². The number of carbonyl (C=O) groups is 1. The zero-order valence-corrected chi connectivity index (χ0v) is 12.5. The molecule has 0 aliphatic rings. The molecule has 1 N–H and O–H groups in total. The second kappa shape index (κ2) is 6.88. The van der Waals surface area contributed by atoms with Crippen LogP contribution in [0.2, 0.25) is 5.02 Å². The fraction of sp³-hybridized carbons (Fsp3) is 0.417. The van der Waals surface area contributed by atoms with Crippen LogP contribution >= 0.6 is 11.6 Å². The number of likely N-dealkylation sites (N-methyl/N-ethyl adjacent to an activating group) is 2. The molecule has 0 radical (unpaired) electrons. The maximum absolute atomic E-state index is 12.0. The van der Waals surface area contributed by atoms with Crippen LogP contribution in [0, 0.1) is 0 Å². The number of halogens is 1. The molecule has 0 aromatic heterocycles. The Kier molecular flexibility index (Phi) is 5.78. The van der Waals surface area contributed by atoms with Crippen LogP contribution in [0.3, 0.4) is 0 Å². The summed E-state index contributed by atoms with van der Waals surface area (Å²) in [6.45, 7) is 1.08. The Bertz CT molecular complexity index is 528. The second-order valence-corrected chi connectivity index (χ2v) is 6.56. The third kappa shape index (κ3) is 4.81. The molecule has 0 unspecified atom stereocenters. The first-order valence-electron chi connectivity index (χ1n) is 5.73. The van der Waals surface area contributed by atoms with E-state index in [1.54, 1.807) is 14.1 Å². The highest BCUT2D eigenvalue weighted by molar-refractivity contribution is 7.92. The van der Waals surface area contributed by atoms with Crippen molar-refractivity contribution in [1.82, 2.24) is 10.2 Å². The first kappa shape index (κ1) is 15.9. The van der Waals surface area contributed by atoms with Gasteiger partial charge < -0.3 is 10.2 Å². The summed E-state index contributed by atoms with van der Waals surface area (Å²) in [5, 5.41) is 3.35. The van der Waals surface area contributed by atoms with Crippen LogP contribution in [0.1, 0.15) is 0 Å². The van der Waals surface area contributed by atoms with Crippen LogP contribution in [-0.2, 0) is 14.6 Å². The average Bonchev–Trinajstić information content (AvgIpc) is 2.35. The molecule has 1 aromatic rings. The molecule has 0 spiro atoms. The number of nitrogens with one attached hydrogen (secondary N) is 1. The minimum absolute atomic E-state index is 0.104. The van der Waals surface area contributed by atoms with Crippen molar-refractivity contribution in [3.8, 4) is 0 Å². The standard InChI is InChI=1S/C12H17ClN2O3S/c1-14-7-8-15(2)12(16)9-19(17,18)11-5-3-10(13)4-6-11/h3-6,14H,7-9H2,1-2H3. The van der Waals surface area contributed by atoms with Crippen molar-refractivity contribution < 1.29 is 13.2 Å². The summed E-state index contributed by atoms with van der Waals surface area (Å²) in [6.07, 6.45) is 0. The minimum atomic E-state index is -3.62. The lowest BCUT2D eigenvalue weighted by Gasteiger charge is -2.16. The molecule has 0 aliphatic carbocycles. The molecule has 0 aliphatic heterocycles. The minimum Gasteiger partial charge on any atom is -0.344 e. The van der Waals surface area contributed by atoms with Crippen LogP contribution in [0.15, 0.2) is 29.2 Å². The number of hydrogen-bond acceptors (Lipinski definition) is 4. The molecule has 1 aromatic carbocycles. The zero-order chi connectivity index (χ0) is 14.5. The predicted octanol–water partition coefficient (Wildman–Crippen LogP) is 0.791. The fourth-order valence-corrected chi connectivity index (χ4v) is 2.79. The van der Waals surface area contributed by atoms with Gasteiger partial charge in [0.15, 0.2) is 9.84 Å². The lowest BCUT2D eigenvalue weighted by molar-refractivity contribution is -0.127. The molecule has 0 fully saturated rings. The highest BCUT2D eigenvalue weighted by atomic mass is 35.5. The van der Waals surface area contributed by atoms with Gasteiger partial charge in [0.25, 0.3) is 0 Å². The lowest BCUT2D eigenvalue weighted by Crippen LogP contribution is -2.36. The Labute approximate surface area is 118 Å². The van der Waals surface area contributed by atoms with E-state index < -0.39 is 21.5 Å². The molecular formula is C12H17ClN2O3S. The molecule has 0 bridgehead atoms. The smallest absolute Gasteiger partial charge is 0.237 e. The predicted molar refractivity (Wildman–Crippen MR) is 75.1 cm³/mol. The highest BCUT2D eigenvalue weighted by Gasteiger charge is 2.21. The first-order valence-corrected chi connectivity index (χ1v) is 7.76. The molecule has 5 nitrogen and oxygen atoms in total. The Morgan fingerprint density at radius 3 is 2.42 bits per heavy atom. The molecule has 0 saturated carbocycles. The largest absolute Gasteiger partial charge is 0.344 e. The van der Waals surface area contributed by atoms with Gasteiger partial charge in [0.1, 0.15) is 5.75 Å². The first-order chi connectivity index (χ1) is 8.86. The summed E-state index contributed by atoms with van der Waals surface area (Å²) >= 11 is 5.70. The topological polar surface area (TPSA) is 66.5 Å². The Morgan fingerprint density at radius 2 is 1.89 bits per heavy atom. The van der Waals surface area contributed by atoms with Crippen molar-refractivity contribution in [1.29, 1.82) is 0 Å². The summed E-state index contributed by atoms with van der Waals surface area (Å²) in [5.41, 5.74) is 0. The highest BCUT2D eigenvalue weighted by Crippen LogP contribution is 2.15. The number of rotatable bonds is 6. The van der Waals surface area contributed by atoms with Crippen molar-refractivity contribution >= 4 is 27.3 Å². The van der Waals surface area contributed by atoms with Crippen molar-refractivity contribution in [3.05, 3.63) is 29.3 Å². The molecule has 7 heteroatoms. The van der Waals surface area contributed by atoms with E-state index in [0.717, 1.165) is 0 Å². The van der Waals surface area contributed by atoms with Gasteiger partial charge in [0, 0.05) is 25.2 Å². The molecule has 0 saturated heterocycles. The van der Waals surface area contributed by atoms with E-state index >= 15 is 0 Å². The zero-order valence-electron chi connectivity index (χ0n) is 10.9. The monoisotopic (exact) mass is 304 g/mol. The van der Waals surface area contributed by atoms with Crippen molar-refractivity contribution in [2.75, 3.05) is 32.9 Å². The third-order valence-electron chi connectivity index (χ3n) is 2.61. The quantitative estimate of drug-likeness (QED) is 0.844. The van der Waals surface area contributed by atoms with Gasteiger partial charge in [-0.15, -0.1) is 0 Å². The normalized spacial score (nSPS) is 11.3. The van der Waals surface area contributed by atoms with Gasteiger partial charge in [-0.1, -0.05) is 11.6 Å². The number of carbonyl (C=O) groups excluding carboxylic acids is 1. The summed E-state index contributed by atoms with van der Waals surface area (Å²) in [6, 6.07) is 5.78. The lowest BCUT2D eigenvalue weighted by atomic mass is 10.4. The SMILES string of the molecule is CNCCN(C)C(=O)CS(=O)(=O)c1ccc(Cl)cc1. The van der Waals surface area contributed by atoms with E-state index in [-0.39, 0.29) is 4.90 Å². The van der Waals surface area contributed by atoms with Gasteiger partial charge in [-0.25, -0.2) is 8.42 Å². The van der Waals surface area contributed by atoms with E-state index in [9.17, 15) is 13.2 Å². The van der Waals surface area contributed by atoms with Crippen molar-refractivity contribution in [3.63, 3.8) is 0 Å². The Morgan fingerprint density at radius 1 is 1.32 bits per heavy atom. The van der Waals surface area contributed by atoms with Crippen molar-refractivity contribution in [2.45, 2.75) is 4.90 Å². The Hall–Kier alpha value is -1.11. The molecule has 19 heavy (non-hydrogen) atoms. The molecule has 0 heterocycles. The van der Waals surface area contributed by atoms with Crippen LogP contribution in [0.25, 0.3) is 0 Å². The Balaban J connectivity index is 2.74. The average molecular weight is 305 g/mol. The summed E-state index contributed by atoms with van der Waals surface area (Å²) in [4.78, 5) is 13.3. The number of hydrogen-bond donors (Lipinski definition) is 1. The number of nitrogens with zero attached hydrogens (tertiary/aromatic N) is 1. The molecule has 106 valence electrons. The fourth-order valence-electron chi connectivity index (χ4n) is 1.40.